The van der Waals surface area contributed by atoms with Crippen LogP contribution in [0.25, 0.3) is 0 Å². The van der Waals surface area contributed by atoms with E-state index in [0.29, 0.717) is 50.7 Å². The van der Waals surface area contributed by atoms with Crippen LogP contribution in [0.3, 0.4) is 0 Å². The van der Waals surface area contributed by atoms with Crippen LogP contribution in [0.2, 0.25) is 5.02 Å². The highest BCUT2D eigenvalue weighted by Crippen LogP contribution is 2.40. The van der Waals surface area contributed by atoms with Crippen molar-refractivity contribution in [1.29, 1.82) is 0 Å². The Hall–Kier alpha value is -5.34. The SMILES string of the molecule is CCC(CO)NC(=O)c1cc2c(cc1F)SC[C@H](NC(=O)OC(C)(C)C)C(=O)N2CC1C=CC(Cl)=CC1.CCC1COC(c2cc3c(cc2F)SC[C@H](NC(=O)OC(C)(C)C)C(=O)N3Cc2ccc(Cl)cc2)=N1. The van der Waals surface area contributed by atoms with Gasteiger partial charge >= 0.3 is 12.2 Å². The van der Waals surface area contributed by atoms with Gasteiger partial charge in [0.25, 0.3) is 17.7 Å². The Morgan fingerprint density at radius 2 is 1.44 bits per heavy atom. The normalized spacial score (nSPS) is 20.1. The Bertz CT molecular complexity index is 2640. The first kappa shape index (κ1) is 56.9. The maximum absolute atomic E-state index is 15.2. The van der Waals surface area contributed by atoms with Gasteiger partial charge < -0.3 is 45.1 Å². The molecule has 5 amide bonds. The summed E-state index contributed by atoms with van der Waals surface area (Å²) in [7, 11) is 0. The van der Waals surface area contributed by atoms with Crippen LogP contribution in [0.4, 0.5) is 29.7 Å². The van der Waals surface area contributed by atoms with Gasteiger partial charge in [-0.1, -0.05) is 61.3 Å². The van der Waals surface area contributed by atoms with Crippen LogP contribution in [0, 0.1) is 17.6 Å². The molecule has 3 aromatic rings. The van der Waals surface area contributed by atoms with Gasteiger partial charge in [0, 0.05) is 37.9 Å². The van der Waals surface area contributed by atoms with Crippen LogP contribution in [-0.2, 0) is 30.3 Å². The standard InChI is InChI=1S/C26H33ClFN3O5S.C26H29ClFN3O4S/c1-5-17(13-32)29-23(33)18-10-21-22(11-19(18)28)37-14-20(30-25(35)36-26(2,3)4)24(34)31(21)12-15-6-8-16(27)9-7-15;1-5-17-13-34-23(29-17)18-10-21-22(11-19(18)28)36-14-20(30-25(33)35-26(2,3)4)24(32)31(21)12-15-6-8-16(27)9-7-15/h6,8-11,15,17,20,32H,5,7,12-14H2,1-4H3,(H,29,33)(H,30,35);6-11,17,20H,5,12-14H2,1-4H3,(H,30,33)/t15?,17?,20-;17?,20-/m00/s1. The Labute approximate surface area is 443 Å². The summed E-state index contributed by atoms with van der Waals surface area (Å²) in [6, 6.07) is 10.4. The Morgan fingerprint density at radius 3 is 1.96 bits per heavy atom. The van der Waals surface area contributed by atoms with E-state index in [1.54, 1.807) is 77.6 Å². The zero-order valence-corrected chi connectivity index (χ0v) is 45.1. The van der Waals surface area contributed by atoms with Crippen LogP contribution in [0.5, 0.6) is 0 Å². The molecule has 4 N–H and O–H groups in total. The number of ether oxygens (including phenoxy) is 3. The highest BCUT2D eigenvalue weighted by atomic mass is 35.5. The lowest BCUT2D eigenvalue weighted by atomic mass is 9.99. The molecule has 73 heavy (non-hydrogen) atoms. The summed E-state index contributed by atoms with van der Waals surface area (Å²) in [6.45, 7) is 14.8. The van der Waals surface area contributed by atoms with Crippen molar-refractivity contribution in [2.45, 2.75) is 126 Å². The largest absolute Gasteiger partial charge is 0.475 e. The van der Waals surface area contributed by atoms with E-state index >= 15 is 8.78 Å². The van der Waals surface area contributed by atoms with Crippen molar-refractivity contribution in [3.8, 4) is 0 Å². The lowest BCUT2D eigenvalue weighted by Gasteiger charge is -2.30. The predicted molar refractivity (Wildman–Crippen MR) is 282 cm³/mol. The molecule has 0 spiro atoms. The average Bonchev–Trinajstić information content (AvgIpc) is 3.72. The van der Waals surface area contributed by atoms with Gasteiger partial charge in [0.15, 0.2) is 0 Å². The number of aliphatic hydroxyl groups excluding tert-OH is 1. The quantitative estimate of drug-likeness (QED) is 0.135. The molecule has 7 rings (SSSR count). The molecular formula is C52H62Cl2F2N6O9S2. The second kappa shape index (κ2) is 24.8. The van der Waals surface area contributed by atoms with E-state index in [2.05, 4.69) is 20.9 Å². The number of carbonyl (C=O) groups excluding carboxylic acids is 5. The molecule has 1 aliphatic carbocycles. The van der Waals surface area contributed by atoms with Gasteiger partial charge in [-0.05, 0) is 115 Å². The van der Waals surface area contributed by atoms with E-state index in [1.165, 1.54) is 46.6 Å². The zero-order valence-electron chi connectivity index (χ0n) is 42.0. The Morgan fingerprint density at radius 1 is 0.863 bits per heavy atom. The van der Waals surface area contributed by atoms with Crippen LogP contribution in [-0.4, -0.2) is 108 Å². The van der Waals surface area contributed by atoms with Gasteiger partial charge in [-0.2, -0.15) is 0 Å². The van der Waals surface area contributed by atoms with Crippen molar-refractivity contribution >= 4 is 93.9 Å². The number of aliphatic hydroxyl groups is 1. The van der Waals surface area contributed by atoms with Crippen LogP contribution >= 0.6 is 46.7 Å². The first-order chi connectivity index (χ1) is 34.4. The fourth-order valence-corrected chi connectivity index (χ4v) is 10.2. The second-order valence-electron chi connectivity index (χ2n) is 19.6. The Balaban J connectivity index is 0.000000238. The molecule has 0 radical (unpaired) electrons. The molecule has 3 unspecified atom stereocenters. The first-order valence-electron chi connectivity index (χ1n) is 23.9. The topological polar surface area (TPSA) is 188 Å². The summed E-state index contributed by atoms with van der Waals surface area (Å²) in [5.74, 6) is -2.10. The molecule has 0 saturated carbocycles. The number of rotatable bonds is 12. The van der Waals surface area contributed by atoms with E-state index in [9.17, 15) is 29.1 Å². The molecule has 0 saturated heterocycles. The number of hydrogen-bond donors (Lipinski definition) is 4. The number of hydrogen-bond acceptors (Lipinski definition) is 12. The predicted octanol–water partition coefficient (Wildman–Crippen LogP) is 9.92. The number of nitrogens with one attached hydrogen (secondary N) is 3. The number of carbonyl (C=O) groups is 5. The fourth-order valence-electron chi connectivity index (χ4n) is 7.73. The zero-order chi connectivity index (χ0) is 53.4. The molecule has 4 aliphatic rings. The minimum absolute atomic E-state index is 0.0261. The van der Waals surface area contributed by atoms with Crippen molar-refractivity contribution in [2.75, 3.05) is 41.1 Å². The van der Waals surface area contributed by atoms with Gasteiger partial charge in [0.2, 0.25) is 5.90 Å². The molecule has 3 heterocycles. The van der Waals surface area contributed by atoms with Gasteiger partial charge in [-0.15, -0.1) is 23.5 Å². The third-order valence-corrected chi connectivity index (χ3v) is 14.3. The molecule has 5 atom stereocenters. The minimum atomic E-state index is -0.932. The molecule has 394 valence electrons. The first-order valence-corrected chi connectivity index (χ1v) is 26.6. The average molecular weight is 1090 g/mol. The number of alkyl carbamates (subject to hydrolysis) is 2. The number of benzene rings is 3. The van der Waals surface area contributed by atoms with E-state index in [0.717, 1.165) is 12.0 Å². The molecule has 0 aromatic heterocycles. The summed E-state index contributed by atoms with van der Waals surface area (Å²) in [5, 5.41) is 18.6. The fraction of sp³-hybridized carbons (Fsp3) is 0.462. The molecule has 3 aliphatic heterocycles. The number of halogens is 4. The van der Waals surface area contributed by atoms with E-state index < -0.39 is 65.0 Å². The summed E-state index contributed by atoms with van der Waals surface area (Å²) < 4.78 is 46.6. The highest BCUT2D eigenvalue weighted by molar-refractivity contribution is 7.99. The summed E-state index contributed by atoms with van der Waals surface area (Å²) >= 11 is 14.6. The van der Waals surface area contributed by atoms with Crippen LogP contribution < -0.4 is 25.8 Å². The number of anilines is 2. The molecule has 0 fully saturated rings. The number of thioether (sulfide) groups is 2. The van der Waals surface area contributed by atoms with Gasteiger partial charge in [0.1, 0.15) is 41.5 Å². The maximum Gasteiger partial charge on any atom is 0.408 e. The monoisotopic (exact) mass is 1090 g/mol. The molecule has 21 heteroatoms. The lowest BCUT2D eigenvalue weighted by molar-refractivity contribution is -0.120. The highest BCUT2D eigenvalue weighted by Gasteiger charge is 2.37. The third-order valence-electron chi connectivity index (χ3n) is 11.5. The van der Waals surface area contributed by atoms with Crippen LogP contribution in [0.1, 0.15) is 96.1 Å². The molecule has 15 nitrogen and oxygen atoms in total. The number of fused-ring (bicyclic) bond motifs is 2. The third kappa shape index (κ3) is 15.6. The summed E-state index contributed by atoms with van der Waals surface area (Å²) in [5.41, 5.74) is 0.239. The molecular weight excluding hydrogens is 1030 g/mol. The number of allylic oxidation sites excluding steroid dienone is 3. The Kier molecular flexibility index (Phi) is 19.3. The second-order valence-corrected chi connectivity index (χ2v) is 22.6. The van der Waals surface area contributed by atoms with Gasteiger partial charge in [-0.25, -0.2) is 23.4 Å². The van der Waals surface area contributed by atoms with Gasteiger partial charge in [-0.3, -0.25) is 14.4 Å². The maximum atomic E-state index is 15.2. The van der Waals surface area contributed by atoms with E-state index in [1.807, 2.05) is 31.2 Å². The van der Waals surface area contributed by atoms with Crippen molar-refractivity contribution < 1.29 is 52.1 Å². The van der Waals surface area contributed by atoms with Crippen LogP contribution in [0.15, 0.2) is 86.6 Å². The summed E-state index contributed by atoms with van der Waals surface area (Å²) in [6.07, 6.45) is 5.93. The smallest absolute Gasteiger partial charge is 0.408 e. The number of aliphatic imine (C=N–C) groups is 1. The van der Waals surface area contributed by atoms with Crippen molar-refractivity contribution in [3.63, 3.8) is 0 Å². The summed E-state index contributed by atoms with van der Waals surface area (Å²) in [4.78, 5) is 73.9. The van der Waals surface area contributed by atoms with Crippen molar-refractivity contribution in [2.24, 2.45) is 10.9 Å². The number of amides is 5. The minimum Gasteiger partial charge on any atom is -0.475 e. The van der Waals surface area contributed by atoms with Crippen molar-refractivity contribution in [1.82, 2.24) is 16.0 Å². The lowest BCUT2D eigenvalue weighted by Crippen LogP contribution is -2.51. The van der Waals surface area contributed by atoms with E-state index in [4.69, 9.17) is 37.4 Å². The van der Waals surface area contributed by atoms with E-state index in [-0.39, 0.29) is 66.1 Å². The van der Waals surface area contributed by atoms with Gasteiger partial charge in [0.05, 0.1) is 47.7 Å². The molecule has 3 aromatic carbocycles. The van der Waals surface area contributed by atoms with Crippen molar-refractivity contribution in [3.05, 3.63) is 105 Å². The number of nitrogens with zero attached hydrogens (tertiary/aromatic N) is 3. The molecule has 0 bridgehead atoms.